The lowest BCUT2D eigenvalue weighted by molar-refractivity contribution is -0.155. The Hall–Kier alpha value is -1.32. The molecule has 0 radical (unpaired) electrons. The third kappa shape index (κ3) is 4.89. The van der Waals surface area contributed by atoms with Crippen molar-refractivity contribution in [3.05, 3.63) is 12.2 Å². The van der Waals surface area contributed by atoms with E-state index in [-0.39, 0.29) is 24.0 Å². The topological polar surface area (TPSA) is 52.6 Å². The average Bonchev–Trinajstić information content (AvgIpc) is 3.03. The van der Waals surface area contributed by atoms with Crippen molar-refractivity contribution in [2.45, 2.75) is 83.7 Å². The molecule has 0 aromatic heterocycles. The zero-order valence-corrected chi connectivity index (χ0v) is 16.2. The number of rotatable bonds is 9. The van der Waals surface area contributed by atoms with Gasteiger partial charge in [-0.2, -0.15) is 0 Å². The third-order valence-electron chi connectivity index (χ3n) is 6.77. The van der Waals surface area contributed by atoms with Crippen LogP contribution in [-0.2, 0) is 19.1 Å². The number of fused-ring (bicyclic) bond motifs is 3. The van der Waals surface area contributed by atoms with Crippen molar-refractivity contribution in [1.82, 2.24) is 0 Å². The fourth-order valence-electron chi connectivity index (χ4n) is 5.19. The molecule has 0 N–H and O–H groups in total. The molecule has 4 nitrogen and oxygen atoms in total. The van der Waals surface area contributed by atoms with Gasteiger partial charge in [-0.25, -0.2) is 4.79 Å². The average molecular weight is 363 g/mol. The van der Waals surface area contributed by atoms with E-state index in [4.69, 9.17) is 9.47 Å². The lowest BCUT2D eigenvalue weighted by Gasteiger charge is -2.46. The molecular weight excluding hydrogens is 328 g/mol. The Kier molecular flexibility index (Phi) is 6.77. The van der Waals surface area contributed by atoms with Crippen molar-refractivity contribution in [3.63, 3.8) is 0 Å². The molecule has 0 aromatic rings. The molecule has 26 heavy (non-hydrogen) atoms. The van der Waals surface area contributed by atoms with Crippen molar-refractivity contribution in [2.24, 2.45) is 23.7 Å². The number of hydrogen-bond acceptors (Lipinski definition) is 4. The second-order valence-electron chi connectivity index (χ2n) is 8.70. The first-order chi connectivity index (χ1) is 12.5. The summed E-state index contributed by atoms with van der Waals surface area (Å²) in [4.78, 5) is 23.3. The van der Waals surface area contributed by atoms with Crippen LogP contribution in [0.2, 0.25) is 0 Å². The van der Waals surface area contributed by atoms with Gasteiger partial charge in [-0.15, -0.1) is 0 Å². The van der Waals surface area contributed by atoms with Gasteiger partial charge in [0.1, 0.15) is 6.10 Å². The van der Waals surface area contributed by atoms with Crippen LogP contribution in [0, 0.1) is 23.7 Å². The molecule has 4 rings (SSSR count). The minimum Gasteiger partial charge on any atom is -0.465 e. The normalized spacial score (nSPS) is 33.1. The van der Waals surface area contributed by atoms with Gasteiger partial charge in [0, 0.05) is 5.57 Å². The summed E-state index contributed by atoms with van der Waals surface area (Å²) in [6.07, 6.45) is 13.1. The molecule has 5 atom stereocenters. The second kappa shape index (κ2) is 9.05. The van der Waals surface area contributed by atoms with Gasteiger partial charge in [-0.05, 0) is 63.2 Å². The van der Waals surface area contributed by atoms with E-state index in [1.54, 1.807) is 6.92 Å². The largest absolute Gasteiger partial charge is 0.465 e. The van der Waals surface area contributed by atoms with Crippen LogP contribution < -0.4 is 0 Å². The number of unbranched alkanes of at least 4 members (excludes halogenated alkanes) is 3. The van der Waals surface area contributed by atoms with Gasteiger partial charge in [-0.1, -0.05) is 38.7 Å². The van der Waals surface area contributed by atoms with Gasteiger partial charge < -0.3 is 9.47 Å². The van der Waals surface area contributed by atoms with Crippen LogP contribution in [0.5, 0.6) is 0 Å². The minimum atomic E-state index is -0.217. The molecule has 0 spiro atoms. The molecule has 4 fully saturated rings. The summed E-state index contributed by atoms with van der Waals surface area (Å²) in [7, 11) is 0. The Morgan fingerprint density at radius 3 is 2.42 bits per heavy atom. The maximum Gasteiger partial charge on any atom is 0.333 e. The van der Waals surface area contributed by atoms with Crippen LogP contribution in [-0.4, -0.2) is 24.6 Å². The van der Waals surface area contributed by atoms with Crippen LogP contribution in [0.1, 0.15) is 77.6 Å². The maximum absolute atomic E-state index is 11.8. The number of carbonyl (C=O) groups is 2. The number of cyclic esters (lactones) is 1. The molecule has 146 valence electrons. The van der Waals surface area contributed by atoms with E-state index >= 15 is 0 Å². The molecule has 2 bridgehead atoms. The fourth-order valence-corrected chi connectivity index (χ4v) is 5.19. The minimum absolute atomic E-state index is 0.0186. The molecule has 3 aliphatic carbocycles. The van der Waals surface area contributed by atoms with Gasteiger partial charge >= 0.3 is 11.9 Å². The Labute approximate surface area is 157 Å². The number of hydrogen-bond donors (Lipinski definition) is 0. The van der Waals surface area contributed by atoms with E-state index in [1.807, 2.05) is 0 Å². The van der Waals surface area contributed by atoms with Crippen LogP contribution in [0.15, 0.2) is 12.2 Å². The summed E-state index contributed by atoms with van der Waals surface area (Å²) in [6, 6.07) is 0. The summed E-state index contributed by atoms with van der Waals surface area (Å²) in [5.41, 5.74) is 0.508. The van der Waals surface area contributed by atoms with E-state index in [0.29, 0.717) is 18.1 Å². The Bertz CT molecular complexity index is 526. The van der Waals surface area contributed by atoms with Crippen LogP contribution in [0.3, 0.4) is 0 Å². The first kappa shape index (κ1) is 19.4. The lowest BCUT2D eigenvalue weighted by Crippen LogP contribution is -2.43. The van der Waals surface area contributed by atoms with Crippen molar-refractivity contribution >= 4 is 11.9 Å². The highest BCUT2D eigenvalue weighted by Crippen LogP contribution is 2.48. The van der Waals surface area contributed by atoms with E-state index in [9.17, 15) is 9.59 Å². The van der Waals surface area contributed by atoms with E-state index in [0.717, 1.165) is 37.5 Å². The van der Waals surface area contributed by atoms with Crippen LogP contribution >= 0.6 is 0 Å². The summed E-state index contributed by atoms with van der Waals surface area (Å²) in [5, 5.41) is 0. The smallest absolute Gasteiger partial charge is 0.333 e. The highest BCUT2D eigenvalue weighted by Gasteiger charge is 2.43. The zero-order valence-electron chi connectivity index (χ0n) is 16.2. The molecule has 3 saturated carbocycles. The third-order valence-corrected chi connectivity index (χ3v) is 6.77. The Morgan fingerprint density at radius 1 is 1.08 bits per heavy atom. The van der Waals surface area contributed by atoms with Crippen molar-refractivity contribution in [2.75, 3.05) is 6.61 Å². The monoisotopic (exact) mass is 362 g/mol. The molecule has 0 amide bonds. The molecule has 0 aromatic carbocycles. The van der Waals surface area contributed by atoms with Crippen LogP contribution in [0.4, 0.5) is 0 Å². The van der Waals surface area contributed by atoms with Crippen molar-refractivity contribution in [1.29, 1.82) is 0 Å². The lowest BCUT2D eigenvalue weighted by atomic mass is 9.62. The summed E-state index contributed by atoms with van der Waals surface area (Å²) in [5.74, 6) is 2.08. The summed E-state index contributed by atoms with van der Waals surface area (Å²) < 4.78 is 10.7. The van der Waals surface area contributed by atoms with Gasteiger partial charge in [0.15, 0.2) is 0 Å². The predicted molar refractivity (Wildman–Crippen MR) is 100 cm³/mol. The second-order valence-corrected chi connectivity index (χ2v) is 8.70. The molecular formula is C22H34O4. The first-order valence-corrected chi connectivity index (χ1v) is 10.6. The highest BCUT2D eigenvalue weighted by molar-refractivity contribution is 5.87. The molecule has 4 aliphatic rings. The molecule has 1 aliphatic heterocycles. The maximum atomic E-state index is 11.8. The summed E-state index contributed by atoms with van der Waals surface area (Å²) >= 11 is 0. The zero-order chi connectivity index (χ0) is 18.5. The first-order valence-electron chi connectivity index (χ1n) is 10.6. The van der Waals surface area contributed by atoms with Crippen LogP contribution in [0.25, 0.3) is 0 Å². The van der Waals surface area contributed by atoms with Gasteiger partial charge in [0.05, 0.1) is 12.5 Å². The van der Waals surface area contributed by atoms with E-state index < -0.39 is 0 Å². The molecule has 1 saturated heterocycles. The SMILES string of the molecule is C=C(C)C(=O)OC1CC2CCC1CC2CCCCCCC1CCOC1=O. The number of esters is 2. The molecule has 4 heteroatoms. The Morgan fingerprint density at radius 2 is 1.81 bits per heavy atom. The van der Waals surface area contributed by atoms with Crippen molar-refractivity contribution in [3.8, 4) is 0 Å². The summed E-state index contributed by atoms with van der Waals surface area (Å²) in [6.45, 7) is 6.04. The van der Waals surface area contributed by atoms with Gasteiger partial charge in [-0.3, -0.25) is 4.79 Å². The number of carbonyl (C=O) groups excluding carboxylic acids is 2. The fraction of sp³-hybridized carbons (Fsp3) is 0.818. The molecule has 1 heterocycles. The standard InChI is InChI=1S/C22H34O4/c1-15(2)21(23)26-20-14-18-9-10-19(20)13-17(18)8-6-4-3-5-7-16-11-12-25-22(16)24/h16-20H,1,3-14H2,2H3. The van der Waals surface area contributed by atoms with Crippen molar-refractivity contribution < 1.29 is 19.1 Å². The van der Waals surface area contributed by atoms with E-state index in [1.165, 1.54) is 44.9 Å². The number of ether oxygens (including phenoxy) is 2. The van der Waals surface area contributed by atoms with E-state index in [2.05, 4.69) is 6.58 Å². The quantitative estimate of drug-likeness (QED) is 0.335. The van der Waals surface area contributed by atoms with Gasteiger partial charge in [0.2, 0.25) is 0 Å². The van der Waals surface area contributed by atoms with Gasteiger partial charge in [0.25, 0.3) is 0 Å². The Balaban J connectivity index is 1.30. The predicted octanol–water partition coefficient (Wildman–Crippen LogP) is 4.81. The molecule has 5 unspecified atom stereocenters. The highest BCUT2D eigenvalue weighted by atomic mass is 16.5.